The molecular weight excluding hydrogens is 228 g/mol. The smallest absolute Gasteiger partial charge is 0.260 e. The highest BCUT2D eigenvalue weighted by atomic mass is 32.2. The number of nitrogens with two attached hydrogens (primary N) is 1. The predicted octanol–water partition coefficient (Wildman–Crippen LogP) is -0.222. The lowest BCUT2D eigenvalue weighted by molar-refractivity contribution is 0.370. The van der Waals surface area contributed by atoms with E-state index in [9.17, 15) is 8.42 Å². The lowest BCUT2D eigenvalue weighted by Gasteiger charge is -2.23. The molecule has 0 saturated carbocycles. The highest BCUT2D eigenvalue weighted by Crippen LogP contribution is 2.16. The Bertz CT molecular complexity index is 440. The monoisotopic (exact) mass is 246 g/mol. The van der Waals surface area contributed by atoms with Crippen LogP contribution >= 0.6 is 0 Å². The largest absolute Gasteiger partial charge is 0.330 e. The van der Waals surface area contributed by atoms with Crippen LogP contribution in [-0.2, 0) is 17.1 Å². The first-order valence-electron chi connectivity index (χ1n) is 5.07. The average molecular weight is 246 g/mol. The molecule has 7 heteroatoms. The molecule has 1 aromatic heterocycles. The number of sulfonamides is 1. The van der Waals surface area contributed by atoms with Gasteiger partial charge in [0, 0.05) is 20.1 Å². The highest BCUT2D eigenvalue weighted by Gasteiger charge is 2.27. The van der Waals surface area contributed by atoms with Crippen LogP contribution in [0.5, 0.6) is 0 Å². The van der Waals surface area contributed by atoms with Crippen molar-refractivity contribution in [2.24, 2.45) is 12.8 Å². The number of nitrogens with zero attached hydrogens (tertiary/aromatic N) is 3. The Kier molecular flexibility index (Phi) is 4.06. The van der Waals surface area contributed by atoms with Crippen molar-refractivity contribution in [2.45, 2.75) is 24.4 Å². The summed E-state index contributed by atoms with van der Waals surface area (Å²) in [5, 5.41) is 4.05. The lowest BCUT2D eigenvalue weighted by atomic mass is 10.2. The Morgan fingerprint density at radius 3 is 2.69 bits per heavy atom. The predicted molar refractivity (Wildman–Crippen MR) is 61.3 cm³/mol. The molecular formula is C9H18N4O2S. The highest BCUT2D eigenvalue weighted by molar-refractivity contribution is 7.89. The molecule has 92 valence electrons. The molecule has 0 fully saturated rings. The maximum Gasteiger partial charge on any atom is 0.260 e. The normalized spacial score (nSPS) is 14.3. The van der Waals surface area contributed by atoms with Gasteiger partial charge in [0.05, 0.1) is 6.20 Å². The first-order chi connectivity index (χ1) is 7.41. The van der Waals surface area contributed by atoms with Crippen LogP contribution in [0.1, 0.15) is 13.3 Å². The molecule has 2 N–H and O–H groups in total. The second kappa shape index (κ2) is 4.94. The van der Waals surface area contributed by atoms with Crippen molar-refractivity contribution in [1.29, 1.82) is 0 Å². The minimum Gasteiger partial charge on any atom is -0.330 e. The van der Waals surface area contributed by atoms with E-state index in [1.807, 2.05) is 6.92 Å². The molecule has 0 amide bonds. The van der Waals surface area contributed by atoms with Gasteiger partial charge in [-0.3, -0.25) is 4.68 Å². The fourth-order valence-electron chi connectivity index (χ4n) is 1.42. The van der Waals surface area contributed by atoms with Gasteiger partial charge in [-0.2, -0.15) is 9.40 Å². The zero-order valence-electron chi connectivity index (χ0n) is 9.79. The van der Waals surface area contributed by atoms with Gasteiger partial charge in [-0.05, 0) is 26.0 Å². The maximum atomic E-state index is 12.2. The zero-order valence-corrected chi connectivity index (χ0v) is 10.6. The number of hydrogen-bond donors (Lipinski definition) is 1. The van der Waals surface area contributed by atoms with E-state index in [-0.39, 0.29) is 11.1 Å². The SMILES string of the molecule is CC(CCN)N(C)S(=O)(=O)c1ccnn1C. The molecule has 0 aromatic carbocycles. The van der Waals surface area contributed by atoms with E-state index >= 15 is 0 Å². The number of aryl methyl sites for hydroxylation is 1. The van der Waals surface area contributed by atoms with Gasteiger partial charge >= 0.3 is 0 Å². The van der Waals surface area contributed by atoms with E-state index in [0.717, 1.165) is 0 Å². The minimum absolute atomic E-state index is 0.120. The van der Waals surface area contributed by atoms with Crippen LogP contribution < -0.4 is 5.73 Å². The van der Waals surface area contributed by atoms with Crippen LogP contribution in [0, 0.1) is 0 Å². The Morgan fingerprint density at radius 2 is 2.25 bits per heavy atom. The van der Waals surface area contributed by atoms with Gasteiger partial charge in [-0.15, -0.1) is 0 Å². The number of aromatic nitrogens is 2. The van der Waals surface area contributed by atoms with Crippen molar-refractivity contribution < 1.29 is 8.42 Å². The third-order valence-electron chi connectivity index (χ3n) is 2.62. The molecule has 1 unspecified atom stereocenters. The van der Waals surface area contributed by atoms with Gasteiger partial charge in [-0.25, -0.2) is 8.42 Å². The summed E-state index contributed by atoms with van der Waals surface area (Å²) in [5.74, 6) is 0. The third-order valence-corrected chi connectivity index (χ3v) is 4.67. The summed E-state index contributed by atoms with van der Waals surface area (Å²) in [5.41, 5.74) is 5.42. The summed E-state index contributed by atoms with van der Waals surface area (Å²) >= 11 is 0. The van der Waals surface area contributed by atoms with Gasteiger partial charge in [0.25, 0.3) is 10.0 Å². The molecule has 0 spiro atoms. The van der Waals surface area contributed by atoms with Crippen molar-refractivity contribution in [2.75, 3.05) is 13.6 Å². The first kappa shape index (κ1) is 13.1. The molecule has 1 rings (SSSR count). The molecule has 6 nitrogen and oxygen atoms in total. The van der Waals surface area contributed by atoms with E-state index in [2.05, 4.69) is 5.10 Å². The van der Waals surface area contributed by atoms with Crippen LogP contribution in [0.15, 0.2) is 17.3 Å². The van der Waals surface area contributed by atoms with E-state index in [1.165, 1.54) is 21.3 Å². The zero-order chi connectivity index (χ0) is 12.3. The molecule has 1 aromatic rings. The fraction of sp³-hybridized carbons (Fsp3) is 0.667. The Labute approximate surface area is 96.1 Å². The lowest BCUT2D eigenvalue weighted by Crippen LogP contribution is -2.37. The molecule has 0 aliphatic carbocycles. The quantitative estimate of drug-likeness (QED) is 0.778. The summed E-state index contributed by atoms with van der Waals surface area (Å²) in [6, 6.07) is 1.37. The van der Waals surface area contributed by atoms with Gasteiger partial charge in [0.15, 0.2) is 5.03 Å². The average Bonchev–Trinajstić information content (AvgIpc) is 2.64. The maximum absolute atomic E-state index is 12.2. The van der Waals surface area contributed by atoms with E-state index in [0.29, 0.717) is 13.0 Å². The van der Waals surface area contributed by atoms with E-state index in [4.69, 9.17) is 5.73 Å². The van der Waals surface area contributed by atoms with Crippen molar-refractivity contribution in [3.8, 4) is 0 Å². The van der Waals surface area contributed by atoms with Gasteiger partial charge in [0.2, 0.25) is 0 Å². The molecule has 1 atom stereocenters. The Hall–Kier alpha value is -0.920. The van der Waals surface area contributed by atoms with Crippen LogP contribution in [0.2, 0.25) is 0 Å². The van der Waals surface area contributed by atoms with E-state index < -0.39 is 10.0 Å². The molecule has 0 aliphatic heterocycles. The molecule has 0 aliphatic rings. The third kappa shape index (κ3) is 2.42. The summed E-state index contributed by atoms with van der Waals surface area (Å²) in [6.45, 7) is 2.30. The molecule has 1 heterocycles. The summed E-state index contributed by atoms with van der Waals surface area (Å²) < 4.78 is 27.0. The van der Waals surface area contributed by atoms with Gasteiger partial charge in [-0.1, -0.05) is 0 Å². The van der Waals surface area contributed by atoms with Crippen molar-refractivity contribution in [3.63, 3.8) is 0 Å². The Balaban J connectivity index is 2.99. The molecule has 0 radical (unpaired) electrons. The van der Waals surface area contributed by atoms with E-state index in [1.54, 1.807) is 14.1 Å². The van der Waals surface area contributed by atoms with Crippen molar-refractivity contribution >= 4 is 10.0 Å². The second-order valence-corrected chi connectivity index (χ2v) is 5.69. The molecule has 0 saturated heterocycles. The van der Waals surface area contributed by atoms with Crippen LogP contribution in [-0.4, -0.2) is 42.1 Å². The number of hydrogen-bond acceptors (Lipinski definition) is 4. The van der Waals surface area contributed by atoms with Crippen molar-refractivity contribution in [1.82, 2.24) is 14.1 Å². The molecule has 16 heavy (non-hydrogen) atoms. The summed E-state index contributed by atoms with van der Waals surface area (Å²) in [4.78, 5) is 0. The van der Waals surface area contributed by atoms with Crippen LogP contribution in [0.4, 0.5) is 0 Å². The second-order valence-electron chi connectivity index (χ2n) is 3.74. The van der Waals surface area contributed by atoms with Gasteiger partial charge < -0.3 is 5.73 Å². The Morgan fingerprint density at radius 1 is 1.62 bits per heavy atom. The standard InChI is InChI=1S/C9H18N4O2S/c1-8(4-6-10)13(3)16(14,15)9-5-7-11-12(9)2/h5,7-8H,4,6,10H2,1-3H3. The van der Waals surface area contributed by atoms with Gasteiger partial charge in [0.1, 0.15) is 0 Å². The summed E-state index contributed by atoms with van der Waals surface area (Å²) in [6.07, 6.45) is 2.10. The topological polar surface area (TPSA) is 81.2 Å². The number of rotatable bonds is 5. The minimum atomic E-state index is -3.47. The first-order valence-corrected chi connectivity index (χ1v) is 6.51. The van der Waals surface area contributed by atoms with Crippen molar-refractivity contribution in [3.05, 3.63) is 12.3 Å². The fourth-order valence-corrected chi connectivity index (χ4v) is 2.91. The summed E-state index contributed by atoms with van der Waals surface area (Å²) in [7, 11) is -0.306. The molecule has 0 bridgehead atoms. The van der Waals surface area contributed by atoms with Crippen LogP contribution in [0.3, 0.4) is 0 Å². The van der Waals surface area contributed by atoms with Crippen LogP contribution in [0.25, 0.3) is 0 Å².